The van der Waals surface area contributed by atoms with Gasteiger partial charge in [-0.15, -0.1) is 0 Å². The van der Waals surface area contributed by atoms with Crippen molar-refractivity contribution in [2.45, 2.75) is 6.92 Å². The highest BCUT2D eigenvalue weighted by Crippen LogP contribution is 2.18. The maximum atomic E-state index is 12.9. The Morgan fingerprint density at radius 1 is 1.27 bits per heavy atom. The van der Waals surface area contributed by atoms with E-state index in [2.05, 4.69) is 20.2 Å². The number of ether oxygens (including phenoxy) is 2. The zero-order valence-corrected chi connectivity index (χ0v) is 14.6. The minimum absolute atomic E-state index is 0.270. The van der Waals surface area contributed by atoms with Crippen LogP contribution in [0.15, 0.2) is 30.3 Å². The fourth-order valence-corrected chi connectivity index (χ4v) is 2.58. The molecule has 1 saturated heterocycles. The first-order chi connectivity index (χ1) is 12.6. The third-order valence-electron chi connectivity index (χ3n) is 3.88. The average Bonchev–Trinajstić information content (AvgIpc) is 2.66. The summed E-state index contributed by atoms with van der Waals surface area (Å²) in [6.07, 6.45) is 0. The zero-order chi connectivity index (χ0) is 18.4. The summed E-state index contributed by atoms with van der Waals surface area (Å²) in [5.74, 6) is 1.25. The Morgan fingerprint density at radius 2 is 2.00 bits per heavy atom. The van der Waals surface area contributed by atoms with E-state index in [0.717, 1.165) is 18.9 Å². The maximum Gasteiger partial charge on any atom is 0.251 e. The van der Waals surface area contributed by atoms with Gasteiger partial charge >= 0.3 is 0 Å². The van der Waals surface area contributed by atoms with Crippen LogP contribution >= 0.6 is 0 Å². The first kappa shape index (κ1) is 18.1. The molecule has 2 aromatic rings. The van der Waals surface area contributed by atoms with Gasteiger partial charge in [-0.3, -0.25) is 4.79 Å². The van der Waals surface area contributed by atoms with Crippen molar-refractivity contribution in [3.8, 4) is 5.88 Å². The molecule has 0 atom stereocenters. The highest BCUT2D eigenvalue weighted by atomic mass is 19.1. The molecule has 0 bridgehead atoms. The third-order valence-corrected chi connectivity index (χ3v) is 3.88. The average molecular weight is 360 g/mol. The largest absolute Gasteiger partial charge is 0.476 e. The predicted octanol–water partition coefficient (Wildman–Crippen LogP) is 1.57. The number of halogens is 1. The van der Waals surface area contributed by atoms with Gasteiger partial charge in [0.15, 0.2) is 0 Å². The van der Waals surface area contributed by atoms with Crippen LogP contribution in [0.1, 0.15) is 16.2 Å². The Kier molecular flexibility index (Phi) is 5.96. The minimum atomic E-state index is -0.375. The van der Waals surface area contributed by atoms with E-state index in [1.165, 1.54) is 24.3 Å². The van der Waals surface area contributed by atoms with Crippen LogP contribution < -0.4 is 15.0 Å². The van der Waals surface area contributed by atoms with E-state index in [0.29, 0.717) is 37.0 Å². The van der Waals surface area contributed by atoms with E-state index < -0.39 is 0 Å². The molecule has 1 aromatic heterocycles. The van der Waals surface area contributed by atoms with Crippen molar-refractivity contribution >= 4 is 11.7 Å². The third kappa shape index (κ3) is 4.89. The number of carbonyl (C=O) groups excluding carboxylic acids is 1. The summed E-state index contributed by atoms with van der Waals surface area (Å²) in [5, 5.41) is 2.72. The lowest BCUT2D eigenvalue weighted by Gasteiger charge is -2.28. The molecule has 0 radical (unpaired) electrons. The van der Waals surface area contributed by atoms with Crippen LogP contribution in [0.5, 0.6) is 5.88 Å². The summed E-state index contributed by atoms with van der Waals surface area (Å²) in [6.45, 7) is 5.31. The summed E-state index contributed by atoms with van der Waals surface area (Å²) >= 11 is 0. The van der Waals surface area contributed by atoms with Gasteiger partial charge in [0.05, 0.1) is 19.8 Å². The number of hydrogen-bond acceptors (Lipinski definition) is 6. The number of aromatic nitrogens is 2. The van der Waals surface area contributed by atoms with E-state index in [1.54, 1.807) is 6.07 Å². The molecule has 0 aliphatic carbocycles. The molecule has 1 fully saturated rings. The summed E-state index contributed by atoms with van der Waals surface area (Å²) < 4.78 is 23.9. The van der Waals surface area contributed by atoms with Gasteiger partial charge in [0.25, 0.3) is 5.91 Å². The molecule has 7 nitrogen and oxygen atoms in total. The number of anilines is 1. The maximum absolute atomic E-state index is 12.9. The number of rotatable bonds is 6. The number of benzene rings is 1. The van der Waals surface area contributed by atoms with Gasteiger partial charge < -0.3 is 19.7 Å². The zero-order valence-electron chi connectivity index (χ0n) is 14.6. The second-order valence-corrected chi connectivity index (χ2v) is 5.82. The van der Waals surface area contributed by atoms with Crippen molar-refractivity contribution in [1.29, 1.82) is 0 Å². The van der Waals surface area contributed by atoms with Crippen LogP contribution in [0.2, 0.25) is 0 Å². The molecule has 8 heteroatoms. The Labute approximate surface area is 151 Å². The van der Waals surface area contributed by atoms with E-state index in [1.807, 2.05) is 6.92 Å². The molecule has 3 rings (SSSR count). The molecule has 2 heterocycles. The molecule has 138 valence electrons. The topological polar surface area (TPSA) is 76.6 Å². The Hall–Kier alpha value is -2.74. The van der Waals surface area contributed by atoms with Crippen LogP contribution in [0.3, 0.4) is 0 Å². The number of hydrogen-bond donors (Lipinski definition) is 1. The minimum Gasteiger partial charge on any atom is -0.476 e. The molecule has 1 N–H and O–H groups in total. The monoisotopic (exact) mass is 360 g/mol. The van der Waals surface area contributed by atoms with E-state index in [-0.39, 0.29) is 18.3 Å². The quantitative estimate of drug-likeness (QED) is 0.788. The van der Waals surface area contributed by atoms with Gasteiger partial charge in [0.1, 0.15) is 24.1 Å². The lowest BCUT2D eigenvalue weighted by Crippen LogP contribution is -2.37. The van der Waals surface area contributed by atoms with Gasteiger partial charge in [0.2, 0.25) is 5.88 Å². The Bertz CT molecular complexity index is 749. The van der Waals surface area contributed by atoms with Crippen molar-refractivity contribution in [2.75, 3.05) is 44.4 Å². The lowest BCUT2D eigenvalue weighted by molar-refractivity contribution is 0.0946. The Balaban J connectivity index is 1.50. The standard InChI is InChI=1S/C18H21FN4O3/c1-13-21-16(23-7-10-25-11-8-23)12-17(22-13)26-9-6-20-18(24)14-2-4-15(19)5-3-14/h2-5,12H,6-11H2,1H3,(H,20,24). The highest BCUT2D eigenvalue weighted by molar-refractivity contribution is 5.94. The summed E-state index contributed by atoms with van der Waals surface area (Å²) in [4.78, 5) is 22.8. The van der Waals surface area contributed by atoms with Crippen LogP contribution in [0.4, 0.5) is 10.2 Å². The lowest BCUT2D eigenvalue weighted by atomic mass is 10.2. The normalized spacial score (nSPS) is 14.2. The molecule has 1 aromatic carbocycles. The molecule has 1 aliphatic heterocycles. The smallest absolute Gasteiger partial charge is 0.251 e. The van der Waals surface area contributed by atoms with Gasteiger partial charge in [-0.2, -0.15) is 4.98 Å². The number of aryl methyl sites for hydroxylation is 1. The molecule has 0 unspecified atom stereocenters. The number of nitrogens with zero attached hydrogens (tertiary/aromatic N) is 3. The predicted molar refractivity (Wildman–Crippen MR) is 94.0 cm³/mol. The second-order valence-electron chi connectivity index (χ2n) is 5.82. The van der Waals surface area contributed by atoms with Crippen LogP contribution in [-0.2, 0) is 4.74 Å². The van der Waals surface area contributed by atoms with Crippen LogP contribution in [0, 0.1) is 12.7 Å². The fourth-order valence-electron chi connectivity index (χ4n) is 2.58. The van der Waals surface area contributed by atoms with Crippen LogP contribution in [-0.4, -0.2) is 55.3 Å². The van der Waals surface area contributed by atoms with Gasteiger partial charge in [0, 0.05) is 24.7 Å². The van der Waals surface area contributed by atoms with E-state index in [4.69, 9.17) is 9.47 Å². The van der Waals surface area contributed by atoms with E-state index >= 15 is 0 Å². The van der Waals surface area contributed by atoms with Gasteiger partial charge in [-0.05, 0) is 31.2 Å². The van der Waals surface area contributed by atoms with Crippen molar-refractivity contribution in [1.82, 2.24) is 15.3 Å². The number of amides is 1. The van der Waals surface area contributed by atoms with Crippen molar-refractivity contribution in [2.24, 2.45) is 0 Å². The van der Waals surface area contributed by atoms with Crippen molar-refractivity contribution < 1.29 is 18.7 Å². The first-order valence-corrected chi connectivity index (χ1v) is 8.47. The van der Waals surface area contributed by atoms with Crippen molar-refractivity contribution in [3.63, 3.8) is 0 Å². The number of carbonyl (C=O) groups is 1. The van der Waals surface area contributed by atoms with Crippen LogP contribution in [0.25, 0.3) is 0 Å². The molecule has 0 saturated carbocycles. The summed E-state index contributed by atoms with van der Waals surface area (Å²) in [5.41, 5.74) is 0.402. The molecule has 1 amide bonds. The number of morpholine rings is 1. The fraction of sp³-hybridized carbons (Fsp3) is 0.389. The van der Waals surface area contributed by atoms with Crippen molar-refractivity contribution in [3.05, 3.63) is 47.5 Å². The molecular formula is C18H21FN4O3. The molecule has 0 spiro atoms. The molecular weight excluding hydrogens is 339 g/mol. The summed E-state index contributed by atoms with van der Waals surface area (Å²) in [6, 6.07) is 7.17. The van der Waals surface area contributed by atoms with Gasteiger partial charge in [-0.25, -0.2) is 9.37 Å². The number of nitrogens with one attached hydrogen (secondary N) is 1. The first-order valence-electron chi connectivity index (χ1n) is 8.47. The second kappa shape index (κ2) is 8.57. The Morgan fingerprint density at radius 3 is 2.73 bits per heavy atom. The highest BCUT2D eigenvalue weighted by Gasteiger charge is 2.14. The molecule has 26 heavy (non-hydrogen) atoms. The van der Waals surface area contributed by atoms with Gasteiger partial charge in [-0.1, -0.05) is 0 Å². The summed E-state index contributed by atoms with van der Waals surface area (Å²) in [7, 11) is 0. The molecule has 1 aliphatic rings. The van der Waals surface area contributed by atoms with E-state index in [9.17, 15) is 9.18 Å². The SMILES string of the molecule is Cc1nc(OCCNC(=O)c2ccc(F)cc2)cc(N2CCOCC2)n1.